The third-order valence-corrected chi connectivity index (χ3v) is 3.36. The molecule has 0 bridgehead atoms. The summed E-state index contributed by atoms with van der Waals surface area (Å²) in [7, 11) is 0. The average molecular weight is 241 g/mol. The third-order valence-electron chi connectivity index (χ3n) is 3.36. The van der Waals surface area contributed by atoms with Gasteiger partial charge in [-0.3, -0.25) is 0 Å². The summed E-state index contributed by atoms with van der Waals surface area (Å²) in [5, 5.41) is 13.3. The molecule has 0 radical (unpaired) electrons. The van der Waals surface area contributed by atoms with E-state index >= 15 is 0 Å². The fourth-order valence-corrected chi connectivity index (χ4v) is 2.30. The van der Waals surface area contributed by atoms with Crippen molar-refractivity contribution in [1.29, 1.82) is 0 Å². The van der Waals surface area contributed by atoms with Crippen LogP contribution in [0.25, 0.3) is 0 Å². The molecule has 1 aliphatic rings. The van der Waals surface area contributed by atoms with E-state index in [0.717, 1.165) is 32.0 Å². The van der Waals surface area contributed by atoms with Crippen LogP contribution in [0.2, 0.25) is 0 Å². The van der Waals surface area contributed by atoms with Gasteiger partial charge in [0.25, 0.3) is 0 Å². The van der Waals surface area contributed by atoms with Crippen LogP contribution in [-0.4, -0.2) is 24.3 Å². The fraction of sp³-hybridized carbons (Fsp3) is 0.538. The molecule has 0 saturated carbocycles. The van der Waals surface area contributed by atoms with Gasteiger partial charge in [-0.2, -0.15) is 0 Å². The van der Waals surface area contributed by atoms with Crippen molar-refractivity contribution in [3.8, 4) is 0 Å². The molecular weight excluding hydrogens is 224 g/mol. The molecule has 17 heavy (non-hydrogen) atoms. The van der Waals surface area contributed by atoms with E-state index in [1.807, 2.05) is 0 Å². The van der Waals surface area contributed by atoms with Crippen LogP contribution in [0.4, 0.5) is 8.78 Å². The number of benzene rings is 1. The molecule has 1 aliphatic heterocycles. The lowest BCUT2D eigenvalue weighted by atomic mass is 9.88. The molecule has 1 atom stereocenters. The van der Waals surface area contributed by atoms with Crippen LogP contribution in [0.15, 0.2) is 18.2 Å². The summed E-state index contributed by atoms with van der Waals surface area (Å²) < 4.78 is 25.8. The Hall–Kier alpha value is -1.00. The molecule has 94 valence electrons. The highest BCUT2D eigenvalue weighted by molar-refractivity contribution is 5.18. The summed E-state index contributed by atoms with van der Waals surface area (Å²) in [5.74, 6) is -1.44. The summed E-state index contributed by atoms with van der Waals surface area (Å²) in [4.78, 5) is 0. The molecule has 4 heteroatoms. The second-order valence-electron chi connectivity index (χ2n) is 4.61. The average Bonchev–Trinajstić information content (AvgIpc) is 2.35. The Kier molecular flexibility index (Phi) is 4.07. The van der Waals surface area contributed by atoms with E-state index in [1.54, 1.807) is 0 Å². The predicted octanol–water partition coefficient (Wildman–Crippen LogP) is 1.87. The van der Waals surface area contributed by atoms with Gasteiger partial charge in [-0.05, 0) is 56.0 Å². The summed E-state index contributed by atoms with van der Waals surface area (Å²) in [5.41, 5.74) is 0.648. The lowest BCUT2D eigenvalue weighted by molar-refractivity contribution is 0.0890. The molecule has 1 fully saturated rings. The van der Waals surface area contributed by atoms with Gasteiger partial charge in [-0.15, -0.1) is 0 Å². The smallest absolute Gasteiger partial charge is 0.159 e. The van der Waals surface area contributed by atoms with Gasteiger partial charge in [0.1, 0.15) is 0 Å². The summed E-state index contributed by atoms with van der Waals surface area (Å²) in [6.45, 7) is 1.83. The molecular formula is C13H17F2NO. The lowest BCUT2D eigenvalue weighted by Crippen LogP contribution is -2.35. The minimum Gasteiger partial charge on any atom is -0.392 e. The van der Waals surface area contributed by atoms with Crippen molar-refractivity contribution in [2.24, 2.45) is 5.92 Å². The van der Waals surface area contributed by atoms with Crippen LogP contribution < -0.4 is 5.32 Å². The topological polar surface area (TPSA) is 32.3 Å². The molecule has 2 nitrogen and oxygen atoms in total. The number of hydrogen-bond donors (Lipinski definition) is 2. The van der Waals surface area contributed by atoms with E-state index in [-0.39, 0.29) is 5.92 Å². The largest absolute Gasteiger partial charge is 0.392 e. The lowest BCUT2D eigenvalue weighted by Gasteiger charge is -2.27. The van der Waals surface area contributed by atoms with Crippen molar-refractivity contribution in [3.05, 3.63) is 35.4 Å². The molecule has 1 unspecified atom stereocenters. The van der Waals surface area contributed by atoms with Crippen molar-refractivity contribution in [2.75, 3.05) is 13.1 Å². The van der Waals surface area contributed by atoms with Crippen molar-refractivity contribution < 1.29 is 13.9 Å². The van der Waals surface area contributed by atoms with Gasteiger partial charge in [0.2, 0.25) is 0 Å². The van der Waals surface area contributed by atoms with Gasteiger partial charge >= 0.3 is 0 Å². The second-order valence-corrected chi connectivity index (χ2v) is 4.61. The number of halogens is 2. The summed E-state index contributed by atoms with van der Waals surface area (Å²) >= 11 is 0. The Morgan fingerprint density at radius 1 is 1.24 bits per heavy atom. The van der Waals surface area contributed by atoms with Crippen LogP contribution in [-0.2, 0) is 6.42 Å². The molecule has 2 rings (SSSR count). The number of rotatable bonds is 3. The van der Waals surface area contributed by atoms with Gasteiger partial charge in [0.15, 0.2) is 11.6 Å². The maximum Gasteiger partial charge on any atom is 0.159 e. The van der Waals surface area contributed by atoms with Crippen molar-refractivity contribution in [2.45, 2.75) is 25.4 Å². The Balaban J connectivity index is 1.96. The predicted molar refractivity (Wildman–Crippen MR) is 61.7 cm³/mol. The minimum atomic E-state index is -0.847. The van der Waals surface area contributed by atoms with Gasteiger partial charge < -0.3 is 10.4 Å². The highest BCUT2D eigenvalue weighted by Gasteiger charge is 2.21. The van der Waals surface area contributed by atoms with Gasteiger partial charge in [0.05, 0.1) is 6.10 Å². The van der Waals surface area contributed by atoms with Crippen LogP contribution in [0, 0.1) is 17.6 Å². The Bertz CT molecular complexity index is 378. The first-order chi connectivity index (χ1) is 8.16. The molecule has 1 heterocycles. The van der Waals surface area contributed by atoms with Gasteiger partial charge in [0, 0.05) is 0 Å². The Morgan fingerprint density at radius 3 is 2.59 bits per heavy atom. The molecule has 1 saturated heterocycles. The van der Waals surface area contributed by atoms with Crippen LogP contribution in [0.3, 0.4) is 0 Å². The number of nitrogens with one attached hydrogen (secondary N) is 1. The zero-order valence-electron chi connectivity index (χ0n) is 9.63. The zero-order chi connectivity index (χ0) is 12.3. The number of hydrogen-bond acceptors (Lipinski definition) is 2. The first-order valence-corrected chi connectivity index (χ1v) is 5.99. The minimum absolute atomic E-state index is 0.254. The monoisotopic (exact) mass is 241 g/mol. The molecule has 1 aromatic carbocycles. The van der Waals surface area contributed by atoms with E-state index < -0.39 is 17.7 Å². The first kappa shape index (κ1) is 12.5. The highest BCUT2D eigenvalue weighted by Crippen LogP contribution is 2.20. The van der Waals surface area contributed by atoms with Crippen LogP contribution in [0.1, 0.15) is 18.4 Å². The normalized spacial score (nSPS) is 19.2. The van der Waals surface area contributed by atoms with E-state index in [1.165, 1.54) is 12.1 Å². The van der Waals surface area contributed by atoms with Gasteiger partial charge in [-0.25, -0.2) is 8.78 Å². The Labute approximate surface area is 99.7 Å². The Morgan fingerprint density at radius 2 is 1.94 bits per heavy atom. The van der Waals surface area contributed by atoms with Crippen LogP contribution >= 0.6 is 0 Å². The standard InChI is InChI=1S/C13H17F2NO/c14-11-2-1-9(7-12(11)15)8-13(17)10-3-5-16-6-4-10/h1-2,7,10,13,16-17H,3-6,8H2. The van der Waals surface area contributed by atoms with E-state index in [4.69, 9.17) is 0 Å². The SMILES string of the molecule is OC(Cc1ccc(F)c(F)c1)C1CCNCC1. The van der Waals surface area contributed by atoms with Gasteiger partial charge in [-0.1, -0.05) is 6.07 Å². The second kappa shape index (κ2) is 5.56. The highest BCUT2D eigenvalue weighted by atomic mass is 19.2. The maximum absolute atomic E-state index is 13.0. The van der Waals surface area contributed by atoms with E-state index in [0.29, 0.717) is 12.0 Å². The first-order valence-electron chi connectivity index (χ1n) is 5.99. The molecule has 1 aromatic rings. The number of piperidine rings is 1. The molecule has 0 aromatic heterocycles. The van der Waals surface area contributed by atoms with Crippen molar-refractivity contribution >= 4 is 0 Å². The summed E-state index contributed by atoms with van der Waals surface area (Å²) in [6, 6.07) is 3.81. The quantitative estimate of drug-likeness (QED) is 0.846. The van der Waals surface area contributed by atoms with Crippen molar-refractivity contribution in [3.63, 3.8) is 0 Å². The third kappa shape index (κ3) is 3.23. The van der Waals surface area contributed by atoms with Crippen molar-refractivity contribution in [1.82, 2.24) is 5.32 Å². The fourth-order valence-electron chi connectivity index (χ4n) is 2.30. The van der Waals surface area contributed by atoms with Crippen LogP contribution in [0.5, 0.6) is 0 Å². The maximum atomic E-state index is 13.0. The number of aliphatic hydroxyl groups is 1. The number of aliphatic hydroxyl groups excluding tert-OH is 1. The summed E-state index contributed by atoms with van der Waals surface area (Å²) in [6.07, 6.45) is 1.79. The molecule has 2 N–H and O–H groups in total. The zero-order valence-corrected chi connectivity index (χ0v) is 9.63. The molecule has 0 aliphatic carbocycles. The van der Waals surface area contributed by atoms with E-state index in [9.17, 15) is 13.9 Å². The molecule has 0 spiro atoms. The van der Waals surface area contributed by atoms with E-state index in [2.05, 4.69) is 5.32 Å². The molecule has 0 amide bonds.